The molecule has 0 aromatic heterocycles. The van der Waals surface area contributed by atoms with E-state index in [4.69, 9.17) is 0 Å². The Balaban J connectivity index is 2.06. The maximum atomic E-state index is 13.5. The molecular formula is C15H20BrFN2O2. The van der Waals surface area contributed by atoms with Crippen LogP contribution in [0.3, 0.4) is 0 Å². The van der Waals surface area contributed by atoms with Gasteiger partial charge in [-0.1, -0.05) is 19.8 Å². The molecule has 1 aliphatic carbocycles. The summed E-state index contributed by atoms with van der Waals surface area (Å²) < 4.78 is 13.7. The van der Waals surface area contributed by atoms with Gasteiger partial charge < -0.3 is 5.32 Å². The van der Waals surface area contributed by atoms with Crippen LogP contribution in [0, 0.1) is 21.8 Å². The highest BCUT2D eigenvalue weighted by Crippen LogP contribution is 2.34. The molecular weight excluding hydrogens is 339 g/mol. The van der Waals surface area contributed by atoms with E-state index in [0.29, 0.717) is 5.69 Å². The molecule has 0 bridgehead atoms. The van der Waals surface area contributed by atoms with Gasteiger partial charge in [0, 0.05) is 6.04 Å². The number of nitro benzene ring substituents is 1. The standard InChI is InChI=1S/C15H20BrFN2O2/c1-2-3-10-4-6-11(7-5-10)18-14-8-12(16)13(17)9-15(14)19(20)21/h8-11,18H,2-7H2,1H3. The molecule has 1 saturated carbocycles. The Labute approximate surface area is 132 Å². The highest BCUT2D eigenvalue weighted by molar-refractivity contribution is 9.10. The molecule has 0 atom stereocenters. The largest absolute Gasteiger partial charge is 0.377 e. The lowest BCUT2D eigenvalue weighted by molar-refractivity contribution is -0.384. The molecule has 0 unspecified atom stereocenters. The van der Waals surface area contributed by atoms with Crippen molar-refractivity contribution < 1.29 is 9.31 Å². The molecule has 0 aliphatic heterocycles. The minimum Gasteiger partial charge on any atom is -0.377 e. The zero-order valence-electron chi connectivity index (χ0n) is 12.1. The minimum absolute atomic E-state index is 0.202. The van der Waals surface area contributed by atoms with Crippen molar-refractivity contribution in [1.29, 1.82) is 0 Å². The molecule has 0 heterocycles. The lowest BCUT2D eigenvalue weighted by Crippen LogP contribution is -2.26. The zero-order chi connectivity index (χ0) is 15.4. The highest BCUT2D eigenvalue weighted by Gasteiger charge is 2.24. The summed E-state index contributed by atoms with van der Waals surface area (Å²) >= 11 is 3.09. The lowest BCUT2D eigenvalue weighted by Gasteiger charge is -2.29. The van der Waals surface area contributed by atoms with Gasteiger partial charge in [-0.3, -0.25) is 10.1 Å². The van der Waals surface area contributed by atoms with Gasteiger partial charge in [-0.05, 0) is 53.6 Å². The minimum atomic E-state index is -0.612. The number of nitrogens with one attached hydrogen (secondary N) is 1. The van der Waals surface area contributed by atoms with Crippen LogP contribution in [0.2, 0.25) is 0 Å². The zero-order valence-corrected chi connectivity index (χ0v) is 13.7. The van der Waals surface area contributed by atoms with E-state index in [-0.39, 0.29) is 16.2 Å². The molecule has 0 amide bonds. The Morgan fingerprint density at radius 1 is 1.38 bits per heavy atom. The summed E-state index contributed by atoms with van der Waals surface area (Å²) in [5, 5.41) is 14.3. The molecule has 116 valence electrons. The van der Waals surface area contributed by atoms with E-state index in [9.17, 15) is 14.5 Å². The van der Waals surface area contributed by atoms with Crippen LogP contribution in [0.25, 0.3) is 0 Å². The average Bonchev–Trinajstić information content (AvgIpc) is 2.44. The van der Waals surface area contributed by atoms with Crippen molar-refractivity contribution in [1.82, 2.24) is 0 Å². The molecule has 1 fully saturated rings. The third kappa shape index (κ3) is 4.15. The third-order valence-corrected chi connectivity index (χ3v) is 4.75. The van der Waals surface area contributed by atoms with Crippen LogP contribution in [0.15, 0.2) is 16.6 Å². The van der Waals surface area contributed by atoms with Gasteiger partial charge in [0.25, 0.3) is 5.69 Å². The molecule has 0 spiro atoms. The number of hydrogen-bond donors (Lipinski definition) is 1. The Hall–Kier alpha value is -1.17. The first kappa shape index (κ1) is 16.2. The van der Waals surface area contributed by atoms with Gasteiger partial charge in [0.15, 0.2) is 0 Å². The van der Waals surface area contributed by atoms with Gasteiger partial charge in [0.1, 0.15) is 11.5 Å². The fourth-order valence-corrected chi connectivity index (χ4v) is 3.37. The quantitative estimate of drug-likeness (QED) is 0.576. The maximum absolute atomic E-state index is 13.5. The van der Waals surface area contributed by atoms with Crippen molar-refractivity contribution in [3.8, 4) is 0 Å². The van der Waals surface area contributed by atoms with Gasteiger partial charge in [-0.2, -0.15) is 0 Å². The van der Waals surface area contributed by atoms with E-state index in [1.54, 1.807) is 0 Å². The topological polar surface area (TPSA) is 55.2 Å². The normalized spacial score (nSPS) is 22.0. The van der Waals surface area contributed by atoms with Crippen LogP contribution >= 0.6 is 15.9 Å². The summed E-state index contributed by atoms with van der Waals surface area (Å²) in [5.74, 6) is 0.168. The van der Waals surface area contributed by atoms with E-state index in [0.717, 1.165) is 37.7 Å². The lowest BCUT2D eigenvalue weighted by atomic mass is 9.83. The van der Waals surface area contributed by atoms with Crippen molar-refractivity contribution in [3.63, 3.8) is 0 Å². The van der Waals surface area contributed by atoms with E-state index < -0.39 is 10.7 Å². The number of rotatable bonds is 5. The SMILES string of the molecule is CCCC1CCC(Nc2cc(Br)c(F)cc2[N+](=O)[O-])CC1. The second-order valence-corrected chi connectivity index (χ2v) is 6.55. The van der Waals surface area contributed by atoms with Crippen LogP contribution in [-0.4, -0.2) is 11.0 Å². The van der Waals surface area contributed by atoms with E-state index in [2.05, 4.69) is 28.2 Å². The molecule has 6 heteroatoms. The first-order valence-electron chi connectivity index (χ1n) is 7.41. The fourth-order valence-electron chi connectivity index (χ4n) is 3.03. The van der Waals surface area contributed by atoms with Crippen molar-refractivity contribution in [3.05, 3.63) is 32.5 Å². The first-order valence-corrected chi connectivity index (χ1v) is 8.20. The van der Waals surface area contributed by atoms with E-state index in [1.807, 2.05) is 0 Å². The summed E-state index contributed by atoms with van der Waals surface area (Å²) in [5.41, 5.74) is 0.193. The second-order valence-electron chi connectivity index (χ2n) is 5.69. The number of hydrogen-bond acceptors (Lipinski definition) is 3. The van der Waals surface area contributed by atoms with Crippen LogP contribution < -0.4 is 5.32 Å². The highest BCUT2D eigenvalue weighted by atomic mass is 79.9. The number of anilines is 1. The molecule has 4 nitrogen and oxygen atoms in total. The van der Waals surface area contributed by atoms with Crippen LogP contribution in [-0.2, 0) is 0 Å². The third-order valence-electron chi connectivity index (χ3n) is 4.14. The summed E-state index contributed by atoms with van der Waals surface area (Å²) in [6, 6.07) is 2.66. The molecule has 0 saturated heterocycles. The van der Waals surface area contributed by atoms with Crippen molar-refractivity contribution in [2.75, 3.05) is 5.32 Å². The van der Waals surface area contributed by atoms with Crippen molar-refractivity contribution >= 4 is 27.3 Å². The summed E-state index contributed by atoms with van der Waals surface area (Å²) in [6.07, 6.45) is 6.80. The number of benzene rings is 1. The van der Waals surface area contributed by atoms with E-state index >= 15 is 0 Å². The van der Waals surface area contributed by atoms with Gasteiger partial charge in [0.05, 0.1) is 15.5 Å². The summed E-state index contributed by atoms with van der Waals surface area (Å²) in [4.78, 5) is 10.5. The molecule has 1 aliphatic rings. The smallest absolute Gasteiger partial charge is 0.295 e. The molecule has 1 aromatic rings. The summed E-state index contributed by atoms with van der Waals surface area (Å²) in [6.45, 7) is 2.20. The van der Waals surface area contributed by atoms with Crippen LogP contribution in [0.1, 0.15) is 45.4 Å². The van der Waals surface area contributed by atoms with E-state index in [1.165, 1.54) is 18.9 Å². The average molecular weight is 359 g/mol. The van der Waals surface area contributed by atoms with Crippen molar-refractivity contribution in [2.24, 2.45) is 5.92 Å². The van der Waals surface area contributed by atoms with Crippen LogP contribution in [0.4, 0.5) is 15.8 Å². The number of nitro groups is 1. The molecule has 2 rings (SSSR count). The Morgan fingerprint density at radius 2 is 2.05 bits per heavy atom. The monoisotopic (exact) mass is 358 g/mol. The van der Waals surface area contributed by atoms with Gasteiger partial charge >= 0.3 is 0 Å². The fraction of sp³-hybridized carbons (Fsp3) is 0.600. The molecule has 21 heavy (non-hydrogen) atoms. The van der Waals surface area contributed by atoms with Crippen molar-refractivity contribution in [2.45, 2.75) is 51.5 Å². The Kier molecular flexibility index (Phi) is 5.56. The Bertz CT molecular complexity index is 517. The maximum Gasteiger partial charge on any atom is 0.295 e. The molecule has 1 aromatic carbocycles. The van der Waals surface area contributed by atoms with Gasteiger partial charge in [-0.25, -0.2) is 4.39 Å². The molecule has 0 radical (unpaired) electrons. The molecule has 1 N–H and O–H groups in total. The van der Waals surface area contributed by atoms with Gasteiger partial charge in [0.2, 0.25) is 0 Å². The number of halogens is 2. The van der Waals surface area contributed by atoms with Gasteiger partial charge in [-0.15, -0.1) is 0 Å². The van der Waals surface area contributed by atoms with Crippen LogP contribution in [0.5, 0.6) is 0 Å². The Morgan fingerprint density at radius 3 is 2.62 bits per heavy atom. The predicted octanol–water partition coefficient (Wildman–Crippen LogP) is 5.27. The summed E-state index contributed by atoms with van der Waals surface area (Å²) in [7, 11) is 0. The number of nitrogens with zero attached hydrogens (tertiary/aromatic N) is 1. The predicted molar refractivity (Wildman–Crippen MR) is 85.0 cm³/mol. The second kappa shape index (κ2) is 7.20. The first-order chi connectivity index (χ1) is 10.0.